The molecular formula is C15H22FNO2. The summed E-state index contributed by atoms with van der Waals surface area (Å²) in [6, 6.07) is 5.09. The highest BCUT2D eigenvalue weighted by Crippen LogP contribution is 2.31. The molecule has 0 N–H and O–H groups in total. The van der Waals surface area contributed by atoms with Crippen LogP contribution in [0.3, 0.4) is 0 Å². The molecule has 0 aliphatic rings. The molecule has 19 heavy (non-hydrogen) atoms. The highest BCUT2D eigenvalue weighted by molar-refractivity contribution is 5.71. The number of benzene rings is 1. The van der Waals surface area contributed by atoms with Crippen molar-refractivity contribution < 1.29 is 13.9 Å². The second-order valence-corrected chi connectivity index (χ2v) is 5.11. The minimum Gasteiger partial charge on any atom is -0.466 e. The number of aryl methyl sites for hydroxylation is 1. The lowest BCUT2D eigenvalue weighted by molar-refractivity contribution is -0.146. The number of nitrogens with zero attached hydrogens (tertiary/aromatic N) is 1. The number of carbonyl (C=O) groups excluding carboxylic acids is 1. The largest absolute Gasteiger partial charge is 0.466 e. The van der Waals surface area contributed by atoms with Crippen molar-refractivity contribution in [3.63, 3.8) is 0 Å². The molecule has 0 saturated heterocycles. The lowest BCUT2D eigenvalue weighted by Crippen LogP contribution is -2.41. The number of rotatable bonds is 5. The molecule has 3 nitrogen and oxygen atoms in total. The van der Waals surface area contributed by atoms with Crippen molar-refractivity contribution in [3.8, 4) is 0 Å². The minimum atomic E-state index is -0.583. The van der Waals surface area contributed by atoms with Gasteiger partial charge in [0.05, 0.1) is 18.6 Å². The average Bonchev–Trinajstić information content (AvgIpc) is 2.32. The van der Waals surface area contributed by atoms with Gasteiger partial charge in [-0.25, -0.2) is 4.39 Å². The van der Waals surface area contributed by atoms with Gasteiger partial charge >= 0.3 is 5.97 Å². The van der Waals surface area contributed by atoms with E-state index in [1.165, 1.54) is 6.07 Å². The highest BCUT2D eigenvalue weighted by Gasteiger charge is 2.33. The summed E-state index contributed by atoms with van der Waals surface area (Å²) in [5.41, 5.74) is 0.787. The van der Waals surface area contributed by atoms with E-state index in [0.29, 0.717) is 12.2 Å². The summed E-state index contributed by atoms with van der Waals surface area (Å²) >= 11 is 0. The maximum atomic E-state index is 13.7. The van der Waals surface area contributed by atoms with Crippen LogP contribution in [0.25, 0.3) is 0 Å². The van der Waals surface area contributed by atoms with Gasteiger partial charge in [-0.3, -0.25) is 9.69 Å². The Morgan fingerprint density at radius 2 is 2.05 bits per heavy atom. The fourth-order valence-corrected chi connectivity index (χ4v) is 1.94. The fourth-order valence-electron chi connectivity index (χ4n) is 1.94. The van der Waals surface area contributed by atoms with Crippen molar-refractivity contribution in [2.24, 2.45) is 0 Å². The van der Waals surface area contributed by atoms with Crippen LogP contribution in [0.1, 0.15) is 31.4 Å². The third-order valence-electron chi connectivity index (χ3n) is 3.57. The maximum Gasteiger partial charge on any atom is 0.307 e. The molecule has 1 aromatic carbocycles. The average molecular weight is 267 g/mol. The first-order chi connectivity index (χ1) is 8.81. The Labute approximate surface area is 114 Å². The summed E-state index contributed by atoms with van der Waals surface area (Å²) in [5, 5.41) is 0. The molecule has 1 aromatic rings. The quantitative estimate of drug-likeness (QED) is 0.768. The van der Waals surface area contributed by atoms with Crippen molar-refractivity contribution in [3.05, 3.63) is 35.1 Å². The summed E-state index contributed by atoms with van der Waals surface area (Å²) in [4.78, 5) is 13.7. The molecule has 1 rings (SSSR count). The van der Waals surface area contributed by atoms with Gasteiger partial charge in [0.15, 0.2) is 0 Å². The van der Waals surface area contributed by atoms with Crippen molar-refractivity contribution in [1.29, 1.82) is 0 Å². The summed E-state index contributed by atoms with van der Waals surface area (Å²) < 4.78 is 18.7. The molecule has 0 saturated carbocycles. The SMILES string of the molecule is CCOC(=O)CC(C)(c1ccc(C)c(F)c1)N(C)C. The monoisotopic (exact) mass is 267 g/mol. The second-order valence-electron chi connectivity index (χ2n) is 5.11. The molecule has 0 heterocycles. The van der Waals surface area contributed by atoms with Crippen LogP contribution in [0.4, 0.5) is 4.39 Å². The molecule has 1 unspecified atom stereocenters. The predicted molar refractivity (Wildman–Crippen MR) is 73.4 cm³/mol. The van der Waals surface area contributed by atoms with Gasteiger partial charge in [-0.2, -0.15) is 0 Å². The third kappa shape index (κ3) is 3.53. The van der Waals surface area contributed by atoms with Gasteiger partial charge in [-0.15, -0.1) is 0 Å². The van der Waals surface area contributed by atoms with Crippen LogP contribution in [-0.4, -0.2) is 31.6 Å². The zero-order valence-electron chi connectivity index (χ0n) is 12.3. The Kier molecular flexibility index (Phi) is 5.06. The molecule has 4 heteroatoms. The van der Waals surface area contributed by atoms with Gasteiger partial charge in [0, 0.05) is 0 Å². The molecule has 0 aliphatic heterocycles. The molecule has 0 fully saturated rings. The van der Waals surface area contributed by atoms with E-state index in [0.717, 1.165) is 5.56 Å². The van der Waals surface area contributed by atoms with Crippen LogP contribution >= 0.6 is 0 Å². The number of esters is 1. The fraction of sp³-hybridized carbons (Fsp3) is 0.533. The van der Waals surface area contributed by atoms with E-state index in [4.69, 9.17) is 4.74 Å². The maximum absolute atomic E-state index is 13.7. The Balaban J connectivity index is 3.10. The zero-order chi connectivity index (χ0) is 14.6. The Morgan fingerprint density at radius 3 is 2.53 bits per heavy atom. The van der Waals surface area contributed by atoms with Gasteiger partial charge in [-0.1, -0.05) is 12.1 Å². The van der Waals surface area contributed by atoms with Crippen LogP contribution in [0.15, 0.2) is 18.2 Å². The molecule has 0 aromatic heterocycles. The van der Waals surface area contributed by atoms with Gasteiger partial charge in [0.1, 0.15) is 5.82 Å². The van der Waals surface area contributed by atoms with Gasteiger partial charge in [-0.05, 0) is 52.1 Å². The van der Waals surface area contributed by atoms with E-state index in [2.05, 4.69) is 0 Å². The molecule has 0 aliphatic carbocycles. The third-order valence-corrected chi connectivity index (χ3v) is 3.57. The van der Waals surface area contributed by atoms with Gasteiger partial charge < -0.3 is 4.74 Å². The van der Waals surface area contributed by atoms with Crippen molar-refractivity contribution in [2.45, 2.75) is 32.7 Å². The topological polar surface area (TPSA) is 29.5 Å². The first-order valence-corrected chi connectivity index (χ1v) is 6.41. The van der Waals surface area contributed by atoms with E-state index < -0.39 is 5.54 Å². The molecule has 106 valence electrons. The van der Waals surface area contributed by atoms with Gasteiger partial charge in [0.25, 0.3) is 0 Å². The van der Waals surface area contributed by atoms with Crippen LogP contribution in [-0.2, 0) is 15.1 Å². The second kappa shape index (κ2) is 6.15. The van der Waals surface area contributed by atoms with E-state index in [-0.39, 0.29) is 18.2 Å². The summed E-state index contributed by atoms with van der Waals surface area (Å²) in [7, 11) is 3.74. The summed E-state index contributed by atoms with van der Waals surface area (Å²) in [5.74, 6) is -0.533. The summed E-state index contributed by atoms with van der Waals surface area (Å²) in [6.45, 7) is 5.76. The molecule has 0 amide bonds. The van der Waals surface area contributed by atoms with Crippen molar-refractivity contribution in [2.75, 3.05) is 20.7 Å². The summed E-state index contributed by atoms with van der Waals surface area (Å²) in [6.07, 6.45) is 0.191. The Hall–Kier alpha value is -1.42. The molecule has 0 bridgehead atoms. The Bertz CT molecular complexity index is 459. The van der Waals surface area contributed by atoms with E-state index in [9.17, 15) is 9.18 Å². The number of hydrogen-bond donors (Lipinski definition) is 0. The first kappa shape index (κ1) is 15.6. The molecule has 0 radical (unpaired) electrons. The van der Waals surface area contributed by atoms with Crippen molar-refractivity contribution in [1.82, 2.24) is 4.90 Å². The van der Waals surface area contributed by atoms with Crippen LogP contribution < -0.4 is 0 Å². The van der Waals surface area contributed by atoms with Gasteiger partial charge in [0.2, 0.25) is 0 Å². The normalized spacial score (nSPS) is 14.3. The molecule has 1 atom stereocenters. The standard InChI is InChI=1S/C15H22FNO2/c1-6-19-14(18)10-15(3,17(4)5)12-8-7-11(2)13(16)9-12/h7-9H,6,10H2,1-5H3. The van der Waals surface area contributed by atoms with Crippen LogP contribution in [0.5, 0.6) is 0 Å². The lowest BCUT2D eigenvalue weighted by Gasteiger charge is -2.36. The lowest BCUT2D eigenvalue weighted by atomic mass is 9.87. The number of hydrogen-bond acceptors (Lipinski definition) is 3. The molecule has 0 spiro atoms. The number of halogens is 1. The number of ether oxygens (including phenoxy) is 1. The first-order valence-electron chi connectivity index (χ1n) is 6.41. The number of carbonyl (C=O) groups is 1. The highest BCUT2D eigenvalue weighted by atomic mass is 19.1. The van der Waals surface area contributed by atoms with E-state index >= 15 is 0 Å². The van der Waals surface area contributed by atoms with E-state index in [1.54, 1.807) is 19.9 Å². The van der Waals surface area contributed by atoms with Crippen molar-refractivity contribution >= 4 is 5.97 Å². The minimum absolute atomic E-state index is 0.191. The van der Waals surface area contributed by atoms with E-state index in [1.807, 2.05) is 32.0 Å². The van der Waals surface area contributed by atoms with Crippen LogP contribution in [0.2, 0.25) is 0 Å². The van der Waals surface area contributed by atoms with Crippen LogP contribution in [0, 0.1) is 12.7 Å². The Morgan fingerprint density at radius 1 is 1.42 bits per heavy atom. The smallest absolute Gasteiger partial charge is 0.307 e. The zero-order valence-corrected chi connectivity index (χ0v) is 12.3. The predicted octanol–water partition coefficient (Wildman–Crippen LogP) is 2.86. The molecular weight excluding hydrogens is 245 g/mol.